The second-order valence-corrected chi connectivity index (χ2v) is 5.57. The zero-order valence-electron chi connectivity index (χ0n) is 12.8. The van der Waals surface area contributed by atoms with E-state index in [2.05, 4.69) is 20.3 Å². The lowest BCUT2D eigenvalue weighted by Crippen LogP contribution is -2.12. The van der Waals surface area contributed by atoms with Crippen molar-refractivity contribution in [1.29, 1.82) is 0 Å². The van der Waals surface area contributed by atoms with Crippen LogP contribution in [0.15, 0.2) is 33.9 Å². The number of nitrogens with zero attached hydrogens (tertiary/aromatic N) is 5. The van der Waals surface area contributed by atoms with Crippen LogP contribution in [0.1, 0.15) is 18.6 Å². The average molecular weight is 332 g/mol. The fraction of sp³-hybridized carbons (Fsp3) is 0.286. The summed E-state index contributed by atoms with van der Waals surface area (Å²) in [5.74, 6) is 9.05. The van der Waals surface area contributed by atoms with Crippen LogP contribution in [0.3, 0.4) is 0 Å². The van der Waals surface area contributed by atoms with E-state index in [0.29, 0.717) is 40.6 Å². The lowest BCUT2D eigenvalue weighted by Gasteiger charge is -2.07. The molecule has 9 heteroatoms. The molecule has 0 aliphatic carbocycles. The Balaban J connectivity index is 1.79. The van der Waals surface area contributed by atoms with E-state index < -0.39 is 0 Å². The highest BCUT2D eigenvalue weighted by Crippen LogP contribution is 2.29. The number of hydrogen-bond acceptors (Lipinski definition) is 8. The average Bonchev–Trinajstić information content (AvgIpc) is 3.19. The van der Waals surface area contributed by atoms with Crippen molar-refractivity contribution >= 4 is 11.8 Å². The quantitative estimate of drug-likeness (QED) is 0.539. The molecule has 0 unspecified atom stereocenters. The molecule has 0 fully saturated rings. The number of benzene rings is 1. The SMILES string of the molecule is CCc1nc(CSc2nnc(-c3ccccc3OC)n2N)no1. The number of thioether (sulfide) groups is 1. The molecule has 0 amide bonds. The largest absolute Gasteiger partial charge is 0.496 e. The zero-order chi connectivity index (χ0) is 16.2. The van der Waals surface area contributed by atoms with Crippen LogP contribution in [0.25, 0.3) is 11.4 Å². The van der Waals surface area contributed by atoms with Gasteiger partial charge >= 0.3 is 0 Å². The first-order valence-electron chi connectivity index (χ1n) is 7.01. The fourth-order valence-electron chi connectivity index (χ4n) is 2.01. The van der Waals surface area contributed by atoms with E-state index in [1.54, 1.807) is 7.11 Å². The standard InChI is InChI=1S/C14H16N6O2S/c1-3-12-16-11(19-22-12)8-23-14-18-17-13(20(14)15)9-6-4-5-7-10(9)21-2/h4-7H,3,8,15H2,1-2H3. The van der Waals surface area contributed by atoms with Crippen LogP contribution < -0.4 is 10.6 Å². The first kappa shape index (κ1) is 15.3. The van der Waals surface area contributed by atoms with Gasteiger partial charge in [0.15, 0.2) is 11.6 Å². The molecule has 120 valence electrons. The van der Waals surface area contributed by atoms with Crippen molar-refractivity contribution in [1.82, 2.24) is 25.0 Å². The normalized spacial score (nSPS) is 10.9. The highest BCUT2D eigenvalue weighted by Gasteiger charge is 2.16. The van der Waals surface area contributed by atoms with Crippen molar-refractivity contribution in [3.05, 3.63) is 36.0 Å². The van der Waals surface area contributed by atoms with Crippen molar-refractivity contribution in [3.8, 4) is 17.1 Å². The van der Waals surface area contributed by atoms with E-state index in [-0.39, 0.29) is 0 Å². The van der Waals surface area contributed by atoms with Gasteiger partial charge in [0.2, 0.25) is 11.0 Å². The Morgan fingerprint density at radius 3 is 2.87 bits per heavy atom. The molecule has 0 aliphatic heterocycles. The van der Waals surface area contributed by atoms with Crippen molar-refractivity contribution in [2.45, 2.75) is 24.3 Å². The third-order valence-corrected chi connectivity index (χ3v) is 4.09. The molecule has 23 heavy (non-hydrogen) atoms. The molecule has 0 bridgehead atoms. The van der Waals surface area contributed by atoms with Crippen molar-refractivity contribution in [2.24, 2.45) is 0 Å². The van der Waals surface area contributed by atoms with Crippen LogP contribution >= 0.6 is 11.8 Å². The van der Waals surface area contributed by atoms with Gasteiger partial charge < -0.3 is 15.1 Å². The lowest BCUT2D eigenvalue weighted by molar-refractivity contribution is 0.378. The number of nitrogens with two attached hydrogens (primary N) is 1. The number of aromatic nitrogens is 5. The molecular formula is C14H16N6O2S. The Hall–Kier alpha value is -2.55. The van der Waals surface area contributed by atoms with Gasteiger partial charge in [-0.15, -0.1) is 10.2 Å². The molecule has 2 aromatic heterocycles. The number of aryl methyl sites for hydroxylation is 1. The minimum absolute atomic E-state index is 0.505. The van der Waals surface area contributed by atoms with Gasteiger partial charge in [-0.3, -0.25) is 0 Å². The number of nitrogen functional groups attached to an aromatic ring is 1. The summed E-state index contributed by atoms with van der Waals surface area (Å²) in [4.78, 5) is 4.25. The molecule has 0 spiro atoms. The lowest BCUT2D eigenvalue weighted by atomic mass is 10.2. The van der Waals surface area contributed by atoms with Gasteiger partial charge in [-0.05, 0) is 12.1 Å². The smallest absolute Gasteiger partial charge is 0.226 e. The van der Waals surface area contributed by atoms with Gasteiger partial charge in [-0.2, -0.15) is 4.98 Å². The zero-order valence-corrected chi connectivity index (χ0v) is 13.6. The highest BCUT2D eigenvalue weighted by molar-refractivity contribution is 7.98. The number of methoxy groups -OCH3 is 1. The van der Waals surface area contributed by atoms with Crippen LogP contribution in [0.4, 0.5) is 0 Å². The maximum absolute atomic E-state index is 6.11. The summed E-state index contributed by atoms with van der Waals surface area (Å²) in [6.07, 6.45) is 0.711. The van der Waals surface area contributed by atoms with Crippen LogP contribution in [-0.2, 0) is 12.2 Å². The molecule has 0 saturated heterocycles. The monoisotopic (exact) mass is 332 g/mol. The van der Waals surface area contributed by atoms with Gasteiger partial charge in [0.1, 0.15) is 5.75 Å². The second-order valence-electron chi connectivity index (χ2n) is 4.62. The molecule has 3 rings (SSSR count). The fourth-order valence-corrected chi connectivity index (χ4v) is 2.71. The summed E-state index contributed by atoms with van der Waals surface area (Å²) < 4.78 is 11.8. The molecule has 1 aromatic carbocycles. The molecular weight excluding hydrogens is 316 g/mol. The Morgan fingerprint density at radius 2 is 2.13 bits per heavy atom. The summed E-state index contributed by atoms with van der Waals surface area (Å²) in [7, 11) is 1.60. The van der Waals surface area contributed by atoms with Crippen LogP contribution in [0.5, 0.6) is 5.75 Å². The Bertz CT molecular complexity index is 800. The van der Waals surface area contributed by atoms with Crippen LogP contribution in [-0.4, -0.2) is 32.1 Å². The maximum Gasteiger partial charge on any atom is 0.226 e. The number of para-hydroxylation sites is 1. The van der Waals surface area contributed by atoms with Gasteiger partial charge in [-0.1, -0.05) is 36.0 Å². The minimum Gasteiger partial charge on any atom is -0.496 e. The summed E-state index contributed by atoms with van der Waals surface area (Å²) >= 11 is 1.39. The third kappa shape index (κ3) is 3.14. The summed E-state index contributed by atoms with van der Waals surface area (Å²) in [6.45, 7) is 1.96. The van der Waals surface area contributed by atoms with E-state index in [1.807, 2.05) is 31.2 Å². The minimum atomic E-state index is 0.505. The molecule has 0 radical (unpaired) electrons. The molecule has 2 heterocycles. The van der Waals surface area contributed by atoms with Crippen LogP contribution in [0, 0.1) is 0 Å². The third-order valence-electron chi connectivity index (χ3n) is 3.16. The van der Waals surface area contributed by atoms with Gasteiger partial charge in [0.05, 0.1) is 18.4 Å². The predicted molar refractivity (Wildman–Crippen MR) is 85.4 cm³/mol. The highest BCUT2D eigenvalue weighted by atomic mass is 32.2. The van der Waals surface area contributed by atoms with Gasteiger partial charge in [0.25, 0.3) is 0 Å². The first-order chi connectivity index (χ1) is 11.2. The molecule has 3 aromatic rings. The number of rotatable bonds is 6. The van der Waals surface area contributed by atoms with E-state index in [9.17, 15) is 0 Å². The second kappa shape index (κ2) is 6.69. The first-order valence-corrected chi connectivity index (χ1v) is 7.99. The number of hydrogen-bond donors (Lipinski definition) is 1. The van der Waals surface area contributed by atoms with Crippen molar-refractivity contribution in [3.63, 3.8) is 0 Å². The van der Waals surface area contributed by atoms with Crippen molar-refractivity contribution in [2.75, 3.05) is 13.0 Å². The van der Waals surface area contributed by atoms with E-state index >= 15 is 0 Å². The molecule has 2 N–H and O–H groups in total. The molecule has 0 atom stereocenters. The van der Waals surface area contributed by atoms with Gasteiger partial charge in [-0.25, -0.2) is 4.68 Å². The maximum atomic E-state index is 6.11. The summed E-state index contributed by atoms with van der Waals surface area (Å²) in [5.41, 5.74) is 0.782. The van der Waals surface area contributed by atoms with Gasteiger partial charge in [0, 0.05) is 6.42 Å². The Labute approximate surface area is 137 Å². The summed E-state index contributed by atoms with van der Waals surface area (Å²) in [5, 5.41) is 12.7. The molecule has 8 nitrogen and oxygen atoms in total. The van der Waals surface area contributed by atoms with E-state index in [0.717, 1.165) is 5.56 Å². The summed E-state index contributed by atoms with van der Waals surface area (Å²) in [6, 6.07) is 7.51. The Kier molecular flexibility index (Phi) is 4.47. The topological polar surface area (TPSA) is 105 Å². The molecule has 0 aliphatic rings. The van der Waals surface area contributed by atoms with E-state index in [4.69, 9.17) is 15.1 Å². The molecule has 0 saturated carbocycles. The predicted octanol–water partition coefficient (Wildman–Crippen LogP) is 1.91. The van der Waals surface area contributed by atoms with E-state index in [1.165, 1.54) is 16.4 Å². The Morgan fingerprint density at radius 1 is 1.30 bits per heavy atom. The number of ether oxygens (including phenoxy) is 1. The van der Waals surface area contributed by atoms with Crippen LogP contribution in [0.2, 0.25) is 0 Å². The van der Waals surface area contributed by atoms with Crippen molar-refractivity contribution < 1.29 is 9.26 Å².